The van der Waals surface area contributed by atoms with Gasteiger partial charge in [0.2, 0.25) is 5.91 Å². The molecule has 1 saturated heterocycles. The van der Waals surface area contributed by atoms with Crippen molar-refractivity contribution in [1.82, 2.24) is 9.97 Å². The van der Waals surface area contributed by atoms with E-state index in [1.165, 1.54) is 18.3 Å². The fraction of sp³-hybridized carbons (Fsp3) is 0.478. The quantitative estimate of drug-likeness (QED) is 0.765. The number of fused-ring (bicyclic) bond motifs is 2. The van der Waals surface area contributed by atoms with Crippen LogP contribution in [0.1, 0.15) is 49.8 Å². The molecule has 1 atom stereocenters. The number of carbonyl (C=O) groups excluding carboxylic acids is 2. The molecule has 32 heavy (non-hydrogen) atoms. The molecule has 0 saturated carbocycles. The molecule has 2 aliphatic heterocycles. The number of carbonyl (C=O) groups is 2. The first-order valence-electron chi connectivity index (χ1n) is 11.1. The van der Waals surface area contributed by atoms with Crippen LogP contribution in [0.4, 0.5) is 15.6 Å². The van der Waals surface area contributed by atoms with Crippen molar-refractivity contribution in [3.05, 3.63) is 33.4 Å². The Balaban J connectivity index is 1.39. The van der Waals surface area contributed by atoms with Gasteiger partial charge in [0.25, 0.3) is 0 Å². The first kappa shape index (κ1) is 21.1. The molecule has 1 aliphatic carbocycles. The number of thiazole rings is 1. The van der Waals surface area contributed by atoms with Gasteiger partial charge in [0.05, 0.1) is 34.5 Å². The number of rotatable bonds is 3. The van der Waals surface area contributed by atoms with E-state index in [0.717, 1.165) is 58.9 Å². The lowest BCUT2D eigenvalue weighted by Gasteiger charge is -2.31. The van der Waals surface area contributed by atoms with Gasteiger partial charge in [0.1, 0.15) is 6.10 Å². The Hall–Kier alpha value is -2.78. The molecule has 1 fully saturated rings. The van der Waals surface area contributed by atoms with E-state index in [4.69, 9.17) is 14.5 Å². The molecule has 4 heterocycles. The third kappa shape index (κ3) is 4.40. The van der Waals surface area contributed by atoms with Crippen LogP contribution in [0, 0.1) is 0 Å². The molecule has 0 spiro atoms. The van der Waals surface area contributed by atoms with Gasteiger partial charge in [-0.2, -0.15) is 0 Å². The van der Waals surface area contributed by atoms with Crippen molar-refractivity contribution >= 4 is 46.3 Å². The minimum absolute atomic E-state index is 0.0818. The number of aromatic nitrogens is 2. The first-order valence-corrected chi connectivity index (χ1v) is 11.9. The topological polar surface area (TPSA) is 93.7 Å². The van der Waals surface area contributed by atoms with Gasteiger partial charge in [0.15, 0.2) is 5.13 Å². The van der Waals surface area contributed by atoms with Gasteiger partial charge < -0.3 is 14.8 Å². The van der Waals surface area contributed by atoms with Crippen molar-refractivity contribution in [2.75, 3.05) is 30.0 Å². The van der Waals surface area contributed by atoms with Gasteiger partial charge in [-0.15, -0.1) is 0 Å². The third-order valence-electron chi connectivity index (χ3n) is 6.02. The summed E-state index contributed by atoms with van der Waals surface area (Å²) in [5, 5.41) is 4.28. The average Bonchev–Trinajstić information content (AvgIpc) is 3.19. The average molecular weight is 455 g/mol. The van der Waals surface area contributed by atoms with Crippen LogP contribution in [0.2, 0.25) is 0 Å². The summed E-state index contributed by atoms with van der Waals surface area (Å²) in [6, 6.07) is 2.09. The van der Waals surface area contributed by atoms with Gasteiger partial charge in [0, 0.05) is 38.4 Å². The Morgan fingerprint density at radius 2 is 2.16 bits per heavy atom. The lowest BCUT2D eigenvalue weighted by atomic mass is 9.93. The molecule has 5 rings (SSSR count). The van der Waals surface area contributed by atoms with Crippen LogP contribution in [0.25, 0.3) is 12.2 Å². The zero-order valence-corrected chi connectivity index (χ0v) is 18.8. The summed E-state index contributed by atoms with van der Waals surface area (Å²) in [6.45, 7) is 3.39. The molecule has 3 aliphatic rings. The zero-order chi connectivity index (χ0) is 22.1. The van der Waals surface area contributed by atoms with E-state index in [0.29, 0.717) is 24.9 Å². The lowest BCUT2D eigenvalue weighted by molar-refractivity contribution is -0.114. The van der Waals surface area contributed by atoms with Crippen molar-refractivity contribution < 1.29 is 19.1 Å². The van der Waals surface area contributed by atoms with Gasteiger partial charge in [-0.3, -0.25) is 14.7 Å². The van der Waals surface area contributed by atoms with Crippen molar-refractivity contribution in [2.45, 2.75) is 51.0 Å². The molecule has 0 radical (unpaired) electrons. The molecule has 2 aromatic heterocycles. The minimum atomic E-state index is -0.291. The molecule has 2 amide bonds. The molecular formula is C23H26N4O4S. The zero-order valence-electron chi connectivity index (χ0n) is 18.0. The van der Waals surface area contributed by atoms with Crippen LogP contribution in [0.15, 0.2) is 12.3 Å². The number of hydrogen-bond donors (Lipinski definition) is 1. The second-order valence-electron chi connectivity index (χ2n) is 8.35. The highest BCUT2D eigenvalue weighted by Gasteiger charge is 2.28. The minimum Gasteiger partial charge on any atom is -0.446 e. The summed E-state index contributed by atoms with van der Waals surface area (Å²) in [4.78, 5) is 35.2. The summed E-state index contributed by atoms with van der Waals surface area (Å²) in [5.41, 5.74) is 2.86. The number of hydrogen-bond acceptors (Lipinski definition) is 7. The molecule has 1 N–H and O–H groups in total. The van der Waals surface area contributed by atoms with E-state index in [1.54, 1.807) is 4.90 Å². The standard InChI is InChI=1S/C23H26N4O4S/c1-14(28)25-22-26-19-5-4-15(12-21(19)32-22)16-11-20-18(24-13-16)3-2-8-27(20)23(29)31-17-6-9-30-10-7-17/h5,11-13,15,17H,2-4,6-10H2,1H3,(H,25,26,28). The fourth-order valence-electron chi connectivity index (χ4n) is 4.38. The molecule has 9 heteroatoms. The van der Waals surface area contributed by atoms with E-state index < -0.39 is 0 Å². The summed E-state index contributed by atoms with van der Waals surface area (Å²) >= 11 is 1.47. The van der Waals surface area contributed by atoms with E-state index in [1.807, 2.05) is 6.20 Å². The summed E-state index contributed by atoms with van der Waals surface area (Å²) in [7, 11) is 0. The largest absolute Gasteiger partial charge is 0.446 e. The van der Waals surface area contributed by atoms with Crippen LogP contribution in [0.3, 0.4) is 0 Å². The van der Waals surface area contributed by atoms with Crippen molar-refractivity contribution in [1.29, 1.82) is 0 Å². The Kier molecular flexibility index (Phi) is 5.93. The highest BCUT2D eigenvalue weighted by atomic mass is 32.1. The number of anilines is 2. The number of pyridine rings is 1. The Labute approximate surface area is 190 Å². The fourth-order valence-corrected chi connectivity index (χ4v) is 5.39. The predicted molar refractivity (Wildman–Crippen MR) is 122 cm³/mol. The van der Waals surface area contributed by atoms with Gasteiger partial charge in [-0.25, -0.2) is 9.78 Å². The van der Waals surface area contributed by atoms with Crippen LogP contribution >= 0.6 is 11.3 Å². The predicted octanol–water partition coefficient (Wildman–Crippen LogP) is 2.31. The number of ether oxygens (including phenoxy) is 2. The second kappa shape index (κ2) is 8.99. The Bertz CT molecular complexity index is 1160. The normalized spacial score (nSPS) is 20.4. The Morgan fingerprint density at radius 3 is 2.97 bits per heavy atom. The second-order valence-corrected chi connectivity index (χ2v) is 9.38. The van der Waals surface area contributed by atoms with Crippen LogP contribution < -0.4 is 20.1 Å². The van der Waals surface area contributed by atoms with E-state index in [-0.39, 0.29) is 24.0 Å². The Morgan fingerprint density at radius 1 is 1.31 bits per heavy atom. The molecule has 0 aromatic carbocycles. The summed E-state index contributed by atoms with van der Waals surface area (Å²) < 4.78 is 12.2. The van der Waals surface area contributed by atoms with Crippen molar-refractivity contribution in [3.8, 4) is 0 Å². The smallest absolute Gasteiger partial charge is 0.414 e. The molecule has 168 valence electrons. The van der Waals surface area contributed by atoms with Crippen molar-refractivity contribution in [2.24, 2.45) is 0 Å². The van der Waals surface area contributed by atoms with Gasteiger partial charge in [-0.05, 0) is 30.9 Å². The van der Waals surface area contributed by atoms with E-state index >= 15 is 0 Å². The first-order chi connectivity index (χ1) is 15.6. The number of amides is 2. The van der Waals surface area contributed by atoms with E-state index in [9.17, 15) is 9.59 Å². The third-order valence-corrected chi connectivity index (χ3v) is 6.97. The maximum atomic E-state index is 13.0. The monoisotopic (exact) mass is 454 g/mol. The number of aryl methyl sites for hydroxylation is 1. The number of nitrogens with zero attached hydrogens (tertiary/aromatic N) is 3. The summed E-state index contributed by atoms with van der Waals surface area (Å²) in [5.74, 6) is 0.0143. The maximum absolute atomic E-state index is 13.0. The molecule has 0 bridgehead atoms. The summed E-state index contributed by atoms with van der Waals surface area (Å²) in [6.07, 6.45) is 9.84. The molecule has 1 unspecified atom stereocenters. The highest BCUT2D eigenvalue weighted by Crippen LogP contribution is 2.32. The van der Waals surface area contributed by atoms with Crippen LogP contribution in [-0.4, -0.2) is 47.8 Å². The van der Waals surface area contributed by atoms with Gasteiger partial charge in [-0.1, -0.05) is 23.5 Å². The van der Waals surface area contributed by atoms with Crippen molar-refractivity contribution in [3.63, 3.8) is 0 Å². The SMILES string of the molecule is CC(=O)Nc1nc2c(s1)=CC(c1cnc3c(c1)N(C(=O)OC1CCOCC1)CCC3)CC=2. The van der Waals surface area contributed by atoms with Crippen LogP contribution in [0.5, 0.6) is 0 Å². The highest BCUT2D eigenvalue weighted by molar-refractivity contribution is 7.13. The number of nitrogens with one attached hydrogen (secondary N) is 1. The van der Waals surface area contributed by atoms with Gasteiger partial charge >= 0.3 is 6.09 Å². The lowest BCUT2D eigenvalue weighted by Crippen LogP contribution is -2.39. The molecule has 8 nitrogen and oxygen atoms in total. The molecular weight excluding hydrogens is 428 g/mol. The molecule has 2 aromatic rings. The maximum Gasteiger partial charge on any atom is 0.414 e. The van der Waals surface area contributed by atoms with Crippen LogP contribution in [-0.2, 0) is 20.7 Å². The van der Waals surface area contributed by atoms with E-state index in [2.05, 4.69) is 28.5 Å².